The molecule has 3 nitrogen and oxygen atoms in total. The highest BCUT2D eigenvalue weighted by molar-refractivity contribution is 9.10. The van der Waals surface area contributed by atoms with Gasteiger partial charge in [-0.15, -0.1) is 0 Å². The summed E-state index contributed by atoms with van der Waals surface area (Å²) < 4.78 is 3.10. The second-order valence-electron chi connectivity index (χ2n) is 4.41. The largest absolute Gasteiger partial charge is 0.380 e. The van der Waals surface area contributed by atoms with E-state index >= 15 is 0 Å². The number of nitriles is 1. The molecule has 2 rings (SSSR count). The first kappa shape index (κ1) is 13.7. The van der Waals surface area contributed by atoms with Crippen LogP contribution in [-0.4, -0.2) is 4.57 Å². The predicted molar refractivity (Wildman–Crippen MR) is 80.9 cm³/mol. The molecule has 0 saturated heterocycles. The third-order valence-corrected chi connectivity index (χ3v) is 3.37. The minimum absolute atomic E-state index is 0.655. The average molecular weight is 318 g/mol. The van der Waals surface area contributed by atoms with Gasteiger partial charge < -0.3 is 9.88 Å². The van der Waals surface area contributed by atoms with Crippen LogP contribution in [0.1, 0.15) is 24.5 Å². The highest BCUT2D eigenvalue weighted by Gasteiger charge is 2.03. The van der Waals surface area contributed by atoms with Gasteiger partial charge in [0, 0.05) is 30.0 Å². The molecule has 19 heavy (non-hydrogen) atoms. The zero-order chi connectivity index (χ0) is 13.7. The molecule has 1 aromatic heterocycles. The van der Waals surface area contributed by atoms with Crippen molar-refractivity contribution in [1.29, 1.82) is 5.26 Å². The van der Waals surface area contributed by atoms with E-state index in [1.807, 2.05) is 18.2 Å². The van der Waals surface area contributed by atoms with Gasteiger partial charge in [-0.2, -0.15) is 5.26 Å². The van der Waals surface area contributed by atoms with Crippen molar-refractivity contribution < 1.29 is 0 Å². The summed E-state index contributed by atoms with van der Waals surface area (Å²) in [6.07, 6.45) is 5.36. The van der Waals surface area contributed by atoms with Crippen LogP contribution in [0, 0.1) is 11.3 Å². The van der Waals surface area contributed by atoms with Crippen LogP contribution in [0.25, 0.3) is 0 Å². The molecule has 1 aromatic carbocycles. The van der Waals surface area contributed by atoms with Gasteiger partial charge in [0.1, 0.15) is 6.07 Å². The number of aryl methyl sites for hydroxylation is 1. The topological polar surface area (TPSA) is 40.8 Å². The van der Waals surface area contributed by atoms with Crippen LogP contribution in [0.5, 0.6) is 0 Å². The average Bonchev–Trinajstić information content (AvgIpc) is 2.85. The molecule has 4 heteroatoms. The van der Waals surface area contributed by atoms with Crippen molar-refractivity contribution in [1.82, 2.24) is 4.57 Å². The third kappa shape index (κ3) is 3.62. The fourth-order valence-corrected chi connectivity index (χ4v) is 2.31. The van der Waals surface area contributed by atoms with Crippen molar-refractivity contribution in [3.05, 3.63) is 52.3 Å². The van der Waals surface area contributed by atoms with Gasteiger partial charge in [0.25, 0.3) is 0 Å². The van der Waals surface area contributed by atoms with E-state index in [2.05, 4.69) is 57.3 Å². The first-order chi connectivity index (χ1) is 9.22. The third-order valence-electron chi connectivity index (χ3n) is 2.88. The fraction of sp³-hybridized carbons (Fsp3) is 0.267. The second kappa shape index (κ2) is 6.44. The first-order valence-electron chi connectivity index (χ1n) is 6.31. The number of nitrogens with zero attached hydrogens (tertiary/aromatic N) is 2. The number of hydrogen-bond donors (Lipinski definition) is 1. The van der Waals surface area contributed by atoms with Gasteiger partial charge in [-0.3, -0.25) is 0 Å². The number of hydrogen-bond acceptors (Lipinski definition) is 2. The lowest BCUT2D eigenvalue weighted by molar-refractivity contribution is 0.682. The van der Waals surface area contributed by atoms with Crippen LogP contribution >= 0.6 is 15.9 Å². The van der Waals surface area contributed by atoms with Gasteiger partial charge >= 0.3 is 0 Å². The van der Waals surface area contributed by atoms with E-state index in [1.54, 1.807) is 0 Å². The van der Waals surface area contributed by atoms with Crippen molar-refractivity contribution in [3.63, 3.8) is 0 Å². The van der Waals surface area contributed by atoms with Crippen molar-refractivity contribution in [2.45, 2.75) is 26.4 Å². The maximum absolute atomic E-state index is 9.10. The Balaban J connectivity index is 2.04. The van der Waals surface area contributed by atoms with Crippen LogP contribution in [0.3, 0.4) is 0 Å². The Labute approximate surface area is 122 Å². The lowest BCUT2D eigenvalue weighted by atomic mass is 10.2. The molecule has 98 valence electrons. The molecule has 0 aliphatic heterocycles. The zero-order valence-corrected chi connectivity index (χ0v) is 12.4. The Kier molecular flexibility index (Phi) is 4.64. The highest BCUT2D eigenvalue weighted by atomic mass is 79.9. The molecule has 0 atom stereocenters. The number of benzene rings is 1. The maximum atomic E-state index is 9.10. The van der Waals surface area contributed by atoms with Crippen molar-refractivity contribution in [3.8, 4) is 6.07 Å². The van der Waals surface area contributed by atoms with Gasteiger partial charge in [0.15, 0.2) is 0 Å². The summed E-state index contributed by atoms with van der Waals surface area (Å²) >= 11 is 3.37. The Morgan fingerprint density at radius 3 is 2.95 bits per heavy atom. The second-order valence-corrected chi connectivity index (χ2v) is 5.33. The number of rotatable bonds is 5. The van der Waals surface area contributed by atoms with Gasteiger partial charge in [-0.05, 0) is 36.2 Å². The quantitative estimate of drug-likeness (QED) is 0.900. The molecule has 0 aliphatic rings. The smallest absolute Gasteiger partial charge is 0.101 e. The molecule has 0 amide bonds. The summed E-state index contributed by atoms with van der Waals surface area (Å²) in [5, 5.41) is 12.4. The number of aromatic nitrogens is 1. The minimum Gasteiger partial charge on any atom is -0.380 e. The van der Waals surface area contributed by atoms with Crippen LogP contribution < -0.4 is 5.32 Å². The molecule has 0 radical (unpaired) electrons. The normalized spacial score (nSPS) is 10.2. The van der Waals surface area contributed by atoms with Gasteiger partial charge in [-0.25, -0.2) is 0 Å². The number of halogens is 1. The monoisotopic (exact) mass is 317 g/mol. The molecule has 1 N–H and O–H groups in total. The Morgan fingerprint density at radius 2 is 2.21 bits per heavy atom. The van der Waals surface area contributed by atoms with Crippen molar-refractivity contribution >= 4 is 21.6 Å². The zero-order valence-electron chi connectivity index (χ0n) is 10.9. The van der Waals surface area contributed by atoms with Crippen LogP contribution in [-0.2, 0) is 13.1 Å². The summed E-state index contributed by atoms with van der Waals surface area (Å²) in [5.41, 5.74) is 2.75. The molecule has 1 heterocycles. The van der Waals surface area contributed by atoms with Gasteiger partial charge in [0.2, 0.25) is 0 Å². The van der Waals surface area contributed by atoms with Gasteiger partial charge in [0.05, 0.1) is 11.3 Å². The van der Waals surface area contributed by atoms with Crippen molar-refractivity contribution in [2.24, 2.45) is 0 Å². The van der Waals surface area contributed by atoms with Crippen LogP contribution in [0.4, 0.5) is 5.69 Å². The first-order valence-corrected chi connectivity index (χ1v) is 7.10. The molecular weight excluding hydrogens is 302 g/mol. The standard InChI is InChI=1S/C15H16BrN3/c1-2-6-19-7-5-12(11-19)10-18-15-4-3-14(16)8-13(15)9-17/h3-5,7-8,11,18H,2,6,10H2,1H3. The van der Waals surface area contributed by atoms with E-state index in [0.717, 1.165) is 29.7 Å². The Hall–Kier alpha value is -1.73. The van der Waals surface area contributed by atoms with E-state index < -0.39 is 0 Å². The molecule has 0 spiro atoms. The fourth-order valence-electron chi connectivity index (χ4n) is 1.95. The lowest BCUT2D eigenvalue weighted by Gasteiger charge is -2.07. The van der Waals surface area contributed by atoms with E-state index in [1.165, 1.54) is 5.56 Å². The molecule has 0 saturated carbocycles. The molecule has 0 fully saturated rings. The lowest BCUT2D eigenvalue weighted by Crippen LogP contribution is -2.00. The summed E-state index contributed by atoms with van der Waals surface area (Å²) in [7, 11) is 0. The molecule has 0 aliphatic carbocycles. The molecule has 0 bridgehead atoms. The molecule has 0 unspecified atom stereocenters. The predicted octanol–water partition coefficient (Wildman–Crippen LogP) is 4.14. The SMILES string of the molecule is CCCn1ccc(CNc2ccc(Br)cc2C#N)c1. The molecular formula is C15H16BrN3. The Bertz CT molecular complexity index is 596. The highest BCUT2D eigenvalue weighted by Crippen LogP contribution is 2.20. The van der Waals surface area contributed by atoms with E-state index in [4.69, 9.17) is 5.26 Å². The van der Waals surface area contributed by atoms with Gasteiger partial charge in [-0.1, -0.05) is 22.9 Å². The van der Waals surface area contributed by atoms with Crippen LogP contribution in [0.15, 0.2) is 41.1 Å². The number of anilines is 1. The molecule has 2 aromatic rings. The summed E-state index contributed by atoms with van der Waals surface area (Å²) in [5.74, 6) is 0. The van der Waals surface area contributed by atoms with Crippen molar-refractivity contribution in [2.75, 3.05) is 5.32 Å². The van der Waals surface area contributed by atoms with E-state index in [-0.39, 0.29) is 0 Å². The van der Waals surface area contributed by atoms with E-state index in [9.17, 15) is 0 Å². The summed E-state index contributed by atoms with van der Waals surface area (Å²) in [4.78, 5) is 0. The Morgan fingerprint density at radius 1 is 1.37 bits per heavy atom. The minimum atomic E-state index is 0.655. The summed E-state index contributed by atoms with van der Waals surface area (Å²) in [6.45, 7) is 3.94. The summed E-state index contributed by atoms with van der Waals surface area (Å²) in [6, 6.07) is 9.99. The maximum Gasteiger partial charge on any atom is 0.101 e. The van der Waals surface area contributed by atoms with Crippen LogP contribution in [0.2, 0.25) is 0 Å². The number of nitrogens with one attached hydrogen (secondary N) is 1. The van der Waals surface area contributed by atoms with E-state index in [0.29, 0.717) is 5.56 Å².